The van der Waals surface area contributed by atoms with Gasteiger partial charge < -0.3 is 5.11 Å². The number of hydrogen-bond donors (Lipinski definition) is 2. The number of rotatable bonds is 4. The number of nitrogens with one attached hydrogen (secondary N) is 1. The third-order valence-electron chi connectivity index (χ3n) is 3.23. The van der Waals surface area contributed by atoms with Crippen LogP contribution in [0.25, 0.3) is 0 Å². The van der Waals surface area contributed by atoms with Crippen molar-refractivity contribution in [2.45, 2.75) is 29.8 Å². The van der Waals surface area contributed by atoms with Crippen LogP contribution in [0.1, 0.15) is 24.8 Å². The lowest BCUT2D eigenvalue weighted by Crippen LogP contribution is -2.47. The lowest BCUT2D eigenvalue weighted by Gasteiger charge is -2.36. The second-order valence-corrected chi connectivity index (χ2v) is 6.39. The van der Waals surface area contributed by atoms with E-state index >= 15 is 0 Å². The molecule has 1 aromatic rings. The highest BCUT2D eigenvalue weighted by Crippen LogP contribution is 2.31. The molecule has 0 heterocycles. The van der Waals surface area contributed by atoms with Crippen molar-refractivity contribution in [1.82, 2.24) is 4.72 Å². The van der Waals surface area contributed by atoms with Gasteiger partial charge in [0.2, 0.25) is 10.0 Å². The lowest BCUT2D eigenvalue weighted by molar-refractivity contribution is -0.0271. The fourth-order valence-corrected chi connectivity index (χ4v) is 3.03. The molecule has 0 atom stereocenters. The molecule has 1 saturated carbocycles. The van der Waals surface area contributed by atoms with Crippen molar-refractivity contribution in [2.75, 3.05) is 6.54 Å². The third-order valence-corrected chi connectivity index (χ3v) is 4.66. The molecule has 0 saturated heterocycles. The Hall–Kier alpha value is -1.49. The number of aliphatic hydroxyl groups is 1. The highest BCUT2D eigenvalue weighted by atomic mass is 32.2. The molecule has 0 unspecified atom stereocenters. The zero-order chi connectivity index (χ0) is 14.1. The first kappa shape index (κ1) is 13.9. The summed E-state index contributed by atoms with van der Waals surface area (Å²) >= 11 is 0. The van der Waals surface area contributed by atoms with Gasteiger partial charge in [0, 0.05) is 6.54 Å². The van der Waals surface area contributed by atoms with Crippen LogP contribution in [0.2, 0.25) is 0 Å². The van der Waals surface area contributed by atoms with Crippen LogP contribution < -0.4 is 4.72 Å². The maximum Gasteiger partial charge on any atom is 0.243 e. The van der Waals surface area contributed by atoms with E-state index < -0.39 is 26.3 Å². The van der Waals surface area contributed by atoms with E-state index in [1.54, 1.807) is 6.07 Å². The van der Waals surface area contributed by atoms with E-state index in [2.05, 4.69) is 4.72 Å². The summed E-state index contributed by atoms with van der Waals surface area (Å²) in [7, 11) is -4.02. The summed E-state index contributed by atoms with van der Waals surface area (Å²) in [5.41, 5.74) is -0.968. The zero-order valence-corrected chi connectivity index (χ0v) is 10.9. The largest absolute Gasteiger partial charge is 0.389 e. The molecule has 1 aliphatic rings. The van der Waals surface area contributed by atoms with Gasteiger partial charge >= 0.3 is 0 Å². The fourth-order valence-electron chi connectivity index (χ4n) is 1.86. The van der Waals surface area contributed by atoms with Gasteiger partial charge in [0.25, 0.3) is 0 Å². The van der Waals surface area contributed by atoms with Crippen molar-refractivity contribution in [1.29, 1.82) is 5.26 Å². The highest BCUT2D eigenvalue weighted by Gasteiger charge is 2.35. The first-order valence-electron chi connectivity index (χ1n) is 5.78. The van der Waals surface area contributed by atoms with E-state index in [0.29, 0.717) is 12.8 Å². The molecule has 5 nitrogen and oxygen atoms in total. The predicted octanol–water partition coefficient (Wildman–Crippen LogP) is 0.891. The monoisotopic (exact) mass is 284 g/mol. The van der Waals surface area contributed by atoms with E-state index in [-0.39, 0.29) is 12.1 Å². The van der Waals surface area contributed by atoms with Gasteiger partial charge in [0.15, 0.2) is 0 Å². The highest BCUT2D eigenvalue weighted by molar-refractivity contribution is 7.89. The molecule has 7 heteroatoms. The number of hydrogen-bond acceptors (Lipinski definition) is 4. The Kier molecular flexibility index (Phi) is 3.58. The summed E-state index contributed by atoms with van der Waals surface area (Å²) in [5.74, 6) is -0.979. The van der Waals surface area contributed by atoms with Crippen LogP contribution in [-0.2, 0) is 10.0 Å². The minimum atomic E-state index is -4.02. The Bertz CT molecular complexity index is 633. The van der Waals surface area contributed by atoms with E-state index in [4.69, 9.17) is 5.26 Å². The van der Waals surface area contributed by atoms with Gasteiger partial charge in [-0.05, 0) is 37.5 Å². The summed E-state index contributed by atoms with van der Waals surface area (Å²) < 4.78 is 39.6. The van der Waals surface area contributed by atoms with Gasteiger partial charge in [-0.25, -0.2) is 17.5 Å². The Morgan fingerprint density at radius 3 is 2.63 bits per heavy atom. The van der Waals surface area contributed by atoms with Crippen molar-refractivity contribution in [3.63, 3.8) is 0 Å². The minimum Gasteiger partial charge on any atom is -0.389 e. The summed E-state index contributed by atoms with van der Waals surface area (Å²) in [5, 5.41) is 18.4. The molecule has 2 N–H and O–H groups in total. The standard InChI is InChI=1S/C12H13FN2O3S/c13-10-6-9(7-14)2-3-11(10)19(17,18)15-8-12(16)4-1-5-12/h2-3,6,15-16H,1,4-5,8H2. The van der Waals surface area contributed by atoms with E-state index in [1.807, 2.05) is 0 Å². The van der Waals surface area contributed by atoms with Crippen LogP contribution in [0.5, 0.6) is 0 Å². The van der Waals surface area contributed by atoms with E-state index in [1.165, 1.54) is 6.07 Å². The van der Waals surface area contributed by atoms with E-state index in [9.17, 15) is 17.9 Å². The first-order chi connectivity index (χ1) is 8.86. The molecule has 1 aromatic carbocycles. The van der Waals surface area contributed by atoms with Crippen LogP contribution in [0, 0.1) is 17.1 Å². The van der Waals surface area contributed by atoms with Crippen molar-refractivity contribution in [3.05, 3.63) is 29.6 Å². The van der Waals surface area contributed by atoms with Crippen LogP contribution >= 0.6 is 0 Å². The minimum absolute atomic E-state index is 0.0501. The van der Waals surface area contributed by atoms with Crippen molar-refractivity contribution in [2.24, 2.45) is 0 Å². The molecule has 102 valence electrons. The Balaban J connectivity index is 2.17. The molecule has 1 fully saturated rings. The SMILES string of the molecule is N#Cc1ccc(S(=O)(=O)NCC2(O)CCC2)c(F)c1. The van der Waals surface area contributed by atoms with Crippen LogP contribution in [0.3, 0.4) is 0 Å². The smallest absolute Gasteiger partial charge is 0.243 e. The molecular weight excluding hydrogens is 271 g/mol. The van der Waals surface area contributed by atoms with Crippen LogP contribution in [0.4, 0.5) is 4.39 Å². The molecule has 0 aromatic heterocycles. The first-order valence-corrected chi connectivity index (χ1v) is 7.26. The van der Waals surface area contributed by atoms with Crippen molar-refractivity contribution in [3.8, 4) is 6.07 Å². The molecule has 0 bridgehead atoms. The van der Waals surface area contributed by atoms with Crippen LogP contribution in [-0.4, -0.2) is 25.7 Å². The number of benzene rings is 1. The van der Waals surface area contributed by atoms with Gasteiger partial charge in [0.05, 0.1) is 17.2 Å². The predicted molar refractivity (Wildman–Crippen MR) is 65.1 cm³/mol. The average molecular weight is 284 g/mol. The topological polar surface area (TPSA) is 90.2 Å². The van der Waals surface area contributed by atoms with E-state index in [0.717, 1.165) is 18.6 Å². The molecule has 0 radical (unpaired) electrons. The van der Waals surface area contributed by atoms with Gasteiger partial charge in [-0.2, -0.15) is 5.26 Å². The van der Waals surface area contributed by atoms with Gasteiger partial charge in [-0.15, -0.1) is 0 Å². The molecule has 2 rings (SSSR count). The maximum absolute atomic E-state index is 13.6. The molecular formula is C12H13FN2O3S. The second-order valence-electron chi connectivity index (χ2n) is 4.66. The van der Waals surface area contributed by atoms with Gasteiger partial charge in [0.1, 0.15) is 10.7 Å². The summed E-state index contributed by atoms with van der Waals surface area (Å²) in [6.45, 7) is -0.130. The normalized spacial score (nSPS) is 17.5. The van der Waals surface area contributed by atoms with Crippen molar-refractivity contribution < 1.29 is 17.9 Å². The Morgan fingerprint density at radius 1 is 1.47 bits per heavy atom. The van der Waals surface area contributed by atoms with Gasteiger partial charge in [-0.3, -0.25) is 0 Å². The number of sulfonamides is 1. The quantitative estimate of drug-likeness (QED) is 0.859. The molecule has 0 amide bonds. The number of halogens is 1. The molecule has 1 aliphatic carbocycles. The molecule has 0 aliphatic heterocycles. The van der Waals surface area contributed by atoms with Gasteiger partial charge in [-0.1, -0.05) is 0 Å². The number of nitrogens with zero attached hydrogens (tertiary/aromatic N) is 1. The molecule has 19 heavy (non-hydrogen) atoms. The maximum atomic E-state index is 13.6. The summed E-state index contributed by atoms with van der Waals surface area (Å²) in [6.07, 6.45) is 1.92. The fraction of sp³-hybridized carbons (Fsp3) is 0.417. The zero-order valence-electron chi connectivity index (χ0n) is 10.1. The average Bonchev–Trinajstić information content (AvgIpc) is 2.33. The van der Waals surface area contributed by atoms with Crippen molar-refractivity contribution >= 4 is 10.0 Å². The molecule has 0 spiro atoms. The Labute approximate surface area is 110 Å². The summed E-state index contributed by atoms with van der Waals surface area (Å²) in [4.78, 5) is -0.519. The third kappa shape index (κ3) is 2.92. The Morgan fingerprint density at radius 2 is 2.16 bits per heavy atom. The lowest BCUT2D eigenvalue weighted by atomic mass is 9.81. The second kappa shape index (κ2) is 4.89. The number of nitriles is 1. The summed E-state index contributed by atoms with van der Waals surface area (Å²) in [6, 6.07) is 4.87. The van der Waals surface area contributed by atoms with Crippen LogP contribution in [0.15, 0.2) is 23.1 Å².